The molecule has 0 aromatic carbocycles. The number of nitrogens with zero attached hydrogens (tertiary/aromatic N) is 3. The van der Waals surface area contributed by atoms with Crippen LogP contribution in [0.2, 0.25) is 0 Å². The van der Waals surface area contributed by atoms with Crippen LogP contribution >= 0.6 is 11.8 Å². The molecular formula is C10H16N4OS. The lowest BCUT2D eigenvalue weighted by molar-refractivity contribution is 0.165. The van der Waals surface area contributed by atoms with Crippen molar-refractivity contribution in [1.82, 2.24) is 19.8 Å². The molecule has 2 amide bonds. The summed E-state index contributed by atoms with van der Waals surface area (Å²) in [5.41, 5.74) is 0.960. The molecular weight excluding hydrogens is 224 g/mol. The molecule has 2 heterocycles. The van der Waals surface area contributed by atoms with E-state index in [9.17, 15) is 4.79 Å². The summed E-state index contributed by atoms with van der Waals surface area (Å²) < 4.78 is 0. The van der Waals surface area contributed by atoms with Crippen molar-refractivity contribution in [3.63, 3.8) is 0 Å². The molecule has 88 valence electrons. The maximum atomic E-state index is 12.0. The van der Waals surface area contributed by atoms with E-state index in [1.165, 1.54) is 0 Å². The fourth-order valence-electron chi connectivity index (χ4n) is 1.69. The number of aromatic amines is 1. The van der Waals surface area contributed by atoms with Crippen molar-refractivity contribution < 1.29 is 4.79 Å². The number of amides is 2. The second kappa shape index (κ2) is 5.25. The average Bonchev–Trinajstić information content (AvgIpc) is 2.82. The zero-order valence-electron chi connectivity index (χ0n) is 9.35. The first-order valence-corrected chi connectivity index (χ1v) is 6.48. The lowest BCUT2D eigenvalue weighted by Crippen LogP contribution is -2.44. The summed E-state index contributed by atoms with van der Waals surface area (Å²) in [7, 11) is 1.82. The molecule has 0 unspecified atom stereocenters. The number of nitrogens with one attached hydrogen (secondary N) is 1. The van der Waals surface area contributed by atoms with Crippen molar-refractivity contribution in [1.29, 1.82) is 0 Å². The van der Waals surface area contributed by atoms with Crippen LogP contribution in [0.4, 0.5) is 4.79 Å². The Morgan fingerprint density at radius 1 is 1.62 bits per heavy atom. The predicted octanol–water partition coefficient (Wildman–Crippen LogP) is 1.01. The summed E-state index contributed by atoms with van der Waals surface area (Å²) in [6, 6.07) is 0.106. The fourth-order valence-corrected chi connectivity index (χ4v) is 2.59. The highest BCUT2D eigenvalue weighted by Gasteiger charge is 2.20. The van der Waals surface area contributed by atoms with Crippen molar-refractivity contribution >= 4 is 17.8 Å². The number of carbonyl (C=O) groups excluding carboxylic acids is 1. The third kappa shape index (κ3) is 2.69. The molecule has 0 atom stereocenters. The van der Waals surface area contributed by atoms with Gasteiger partial charge in [0, 0.05) is 37.8 Å². The SMILES string of the molecule is CN(Cc1cnc[nH]1)C(=O)N1CCSCC1. The summed E-state index contributed by atoms with van der Waals surface area (Å²) in [5.74, 6) is 2.09. The van der Waals surface area contributed by atoms with Crippen LogP contribution in [0.1, 0.15) is 5.69 Å². The summed E-state index contributed by atoms with van der Waals surface area (Å²) in [5, 5.41) is 0. The lowest BCUT2D eigenvalue weighted by atomic mass is 10.4. The Bertz CT molecular complexity index is 335. The van der Waals surface area contributed by atoms with Crippen molar-refractivity contribution in [2.45, 2.75) is 6.54 Å². The maximum Gasteiger partial charge on any atom is 0.320 e. The zero-order valence-corrected chi connectivity index (χ0v) is 10.2. The third-order valence-corrected chi connectivity index (χ3v) is 3.51. The maximum absolute atomic E-state index is 12.0. The van der Waals surface area contributed by atoms with E-state index < -0.39 is 0 Å². The zero-order chi connectivity index (χ0) is 11.4. The topological polar surface area (TPSA) is 52.2 Å². The van der Waals surface area contributed by atoms with Crippen LogP contribution < -0.4 is 0 Å². The summed E-state index contributed by atoms with van der Waals surface area (Å²) in [6.07, 6.45) is 3.38. The Morgan fingerprint density at radius 3 is 3.00 bits per heavy atom. The Hall–Kier alpha value is -1.17. The van der Waals surface area contributed by atoms with Gasteiger partial charge in [0.1, 0.15) is 0 Å². The van der Waals surface area contributed by atoms with Crippen molar-refractivity contribution in [3.05, 3.63) is 18.2 Å². The Kier molecular flexibility index (Phi) is 3.71. The predicted molar refractivity (Wildman–Crippen MR) is 64.3 cm³/mol. The third-order valence-electron chi connectivity index (χ3n) is 2.57. The Labute approximate surface area is 99.2 Å². The van der Waals surface area contributed by atoms with Crippen molar-refractivity contribution in [2.24, 2.45) is 0 Å². The van der Waals surface area contributed by atoms with E-state index in [4.69, 9.17) is 0 Å². The van der Waals surface area contributed by atoms with Crippen LogP contribution in [0.5, 0.6) is 0 Å². The van der Waals surface area contributed by atoms with Gasteiger partial charge in [-0.3, -0.25) is 0 Å². The van der Waals surface area contributed by atoms with Crippen LogP contribution in [0, 0.1) is 0 Å². The smallest absolute Gasteiger partial charge is 0.320 e. The van der Waals surface area contributed by atoms with E-state index in [2.05, 4.69) is 9.97 Å². The standard InChI is InChI=1S/C10H16N4OS/c1-13(7-9-6-11-8-12-9)10(15)14-2-4-16-5-3-14/h6,8H,2-5,7H2,1H3,(H,11,12). The number of hydrogen-bond acceptors (Lipinski definition) is 3. The first kappa shape index (κ1) is 11.3. The van der Waals surface area contributed by atoms with Gasteiger partial charge in [-0.1, -0.05) is 0 Å². The molecule has 0 radical (unpaired) electrons. The quantitative estimate of drug-likeness (QED) is 0.839. The van der Waals surface area contributed by atoms with Gasteiger partial charge in [0.05, 0.1) is 18.6 Å². The van der Waals surface area contributed by atoms with Gasteiger partial charge in [-0.15, -0.1) is 0 Å². The molecule has 6 heteroatoms. The molecule has 1 aliphatic heterocycles. The number of thioether (sulfide) groups is 1. The van der Waals surface area contributed by atoms with Crippen molar-refractivity contribution in [3.8, 4) is 0 Å². The molecule has 16 heavy (non-hydrogen) atoms. The monoisotopic (exact) mass is 240 g/mol. The first-order chi connectivity index (χ1) is 7.77. The van der Waals surface area contributed by atoms with Crippen LogP contribution in [0.15, 0.2) is 12.5 Å². The number of urea groups is 1. The van der Waals surface area contributed by atoms with Crippen LogP contribution in [0.25, 0.3) is 0 Å². The molecule has 1 aromatic heterocycles. The fraction of sp³-hybridized carbons (Fsp3) is 0.600. The molecule has 2 rings (SSSR count). The highest BCUT2D eigenvalue weighted by atomic mass is 32.2. The van der Waals surface area contributed by atoms with Gasteiger partial charge < -0.3 is 14.8 Å². The van der Waals surface area contributed by atoms with Gasteiger partial charge in [-0.25, -0.2) is 9.78 Å². The molecule has 1 saturated heterocycles. The largest absolute Gasteiger partial charge is 0.347 e. The molecule has 1 N–H and O–H groups in total. The van der Waals surface area contributed by atoms with Gasteiger partial charge in [-0.05, 0) is 0 Å². The van der Waals surface area contributed by atoms with Gasteiger partial charge >= 0.3 is 6.03 Å². The number of imidazole rings is 1. The molecule has 0 bridgehead atoms. The molecule has 0 spiro atoms. The minimum atomic E-state index is 0.106. The van der Waals surface area contributed by atoms with Gasteiger partial charge in [0.2, 0.25) is 0 Å². The van der Waals surface area contributed by atoms with E-state index in [1.807, 2.05) is 23.7 Å². The molecule has 5 nitrogen and oxygen atoms in total. The van der Waals surface area contributed by atoms with E-state index in [-0.39, 0.29) is 6.03 Å². The molecule has 0 aliphatic carbocycles. The van der Waals surface area contributed by atoms with Gasteiger partial charge in [0.15, 0.2) is 0 Å². The lowest BCUT2D eigenvalue weighted by Gasteiger charge is -2.30. The number of rotatable bonds is 2. The Balaban J connectivity index is 1.88. The molecule has 0 saturated carbocycles. The van der Waals surface area contributed by atoms with Gasteiger partial charge in [-0.2, -0.15) is 11.8 Å². The van der Waals surface area contributed by atoms with Crippen LogP contribution in [-0.4, -0.2) is 57.4 Å². The summed E-state index contributed by atoms with van der Waals surface area (Å²) in [6.45, 7) is 2.30. The number of hydrogen-bond donors (Lipinski definition) is 1. The minimum absolute atomic E-state index is 0.106. The summed E-state index contributed by atoms with van der Waals surface area (Å²) in [4.78, 5) is 22.6. The number of aromatic nitrogens is 2. The van der Waals surface area contributed by atoms with Crippen molar-refractivity contribution in [2.75, 3.05) is 31.6 Å². The van der Waals surface area contributed by atoms with Crippen LogP contribution in [0.3, 0.4) is 0 Å². The van der Waals surface area contributed by atoms with E-state index in [0.717, 1.165) is 30.3 Å². The van der Waals surface area contributed by atoms with E-state index >= 15 is 0 Å². The van der Waals surface area contributed by atoms with E-state index in [0.29, 0.717) is 6.54 Å². The molecule has 1 fully saturated rings. The number of carbonyl (C=O) groups is 1. The first-order valence-electron chi connectivity index (χ1n) is 5.32. The molecule has 1 aliphatic rings. The normalized spacial score (nSPS) is 16.2. The van der Waals surface area contributed by atoms with Crippen LogP contribution in [-0.2, 0) is 6.54 Å². The van der Waals surface area contributed by atoms with E-state index in [1.54, 1.807) is 17.4 Å². The highest BCUT2D eigenvalue weighted by Crippen LogP contribution is 2.11. The molecule has 1 aromatic rings. The average molecular weight is 240 g/mol. The number of H-pyrrole nitrogens is 1. The van der Waals surface area contributed by atoms with Gasteiger partial charge in [0.25, 0.3) is 0 Å². The second-order valence-corrected chi connectivity index (χ2v) is 5.04. The minimum Gasteiger partial charge on any atom is -0.347 e. The Morgan fingerprint density at radius 2 is 2.38 bits per heavy atom. The summed E-state index contributed by atoms with van der Waals surface area (Å²) >= 11 is 1.90. The second-order valence-electron chi connectivity index (χ2n) is 3.81. The highest BCUT2D eigenvalue weighted by molar-refractivity contribution is 7.99.